The second kappa shape index (κ2) is 6.20. The van der Waals surface area contributed by atoms with Gasteiger partial charge in [0.25, 0.3) is 0 Å². The molecule has 6 heteroatoms. The molecule has 3 N–H and O–H groups in total. The Morgan fingerprint density at radius 1 is 1.32 bits per heavy atom. The molecule has 0 fully saturated rings. The molecule has 0 spiro atoms. The van der Waals surface area contributed by atoms with Crippen LogP contribution in [0.15, 0.2) is 30.3 Å². The molecule has 0 amide bonds. The molecule has 0 aliphatic rings. The van der Waals surface area contributed by atoms with E-state index >= 15 is 0 Å². The summed E-state index contributed by atoms with van der Waals surface area (Å²) in [4.78, 5) is 0. The topological polar surface area (TPSA) is 46.2 Å². The molecule has 0 aliphatic carbocycles. The predicted octanol–water partition coefficient (Wildman–Crippen LogP) is 3.97. The molecule has 2 aromatic rings. The average molecular weight is 320 g/mol. The summed E-state index contributed by atoms with van der Waals surface area (Å²) >= 11 is 13.1. The minimum atomic E-state index is -0.914. The molecule has 19 heavy (non-hydrogen) atoms. The Hall–Kier alpha value is -0.650. The molecule has 2 nitrogen and oxygen atoms in total. The Morgan fingerprint density at radius 2 is 2.05 bits per heavy atom. The van der Waals surface area contributed by atoms with Crippen LogP contribution in [0.3, 0.4) is 0 Å². The number of nitrogens with two attached hydrogens (primary N) is 1. The second-order valence-corrected chi connectivity index (χ2v) is 6.41. The minimum Gasteiger partial charge on any atom is -0.388 e. The van der Waals surface area contributed by atoms with Crippen LogP contribution in [-0.2, 0) is 0 Å². The zero-order valence-corrected chi connectivity index (χ0v) is 12.1. The zero-order chi connectivity index (χ0) is 14.0. The number of hydrogen-bond acceptors (Lipinski definition) is 3. The van der Waals surface area contributed by atoms with Crippen molar-refractivity contribution in [2.45, 2.75) is 12.0 Å². The van der Waals surface area contributed by atoms with E-state index in [0.29, 0.717) is 19.8 Å². The lowest BCUT2D eigenvalue weighted by Gasteiger charge is -2.21. The van der Waals surface area contributed by atoms with E-state index in [2.05, 4.69) is 0 Å². The highest BCUT2D eigenvalue weighted by Gasteiger charge is 2.25. The number of aliphatic hydroxyl groups is 1. The van der Waals surface area contributed by atoms with Crippen LogP contribution in [0.25, 0.3) is 0 Å². The van der Waals surface area contributed by atoms with Gasteiger partial charge in [-0.1, -0.05) is 35.3 Å². The predicted molar refractivity (Wildman–Crippen MR) is 77.5 cm³/mol. The van der Waals surface area contributed by atoms with E-state index in [4.69, 9.17) is 28.9 Å². The first kappa shape index (κ1) is 14.8. The Bertz CT molecular complexity index is 576. The van der Waals surface area contributed by atoms with Gasteiger partial charge < -0.3 is 10.8 Å². The average Bonchev–Trinajstić information content (AvgIpc) is 2.69. The third kappa shape index (κ3) is 3.27. The maximum Gasteiger partial charge on any atom is 0.123 e. The van der Waals surface area contributed by atoms with Gasteiger partial charge in [0.1, 0.15) is 10.2 Å². The Kier molecular flexibility index (Phi) is 4.81. The quantitative estimate of drug-likeness (QED) is 0.895. The standard InChI is InChI=1S/C13H12Cl2FNOS/c14-11-5-9(13(15)19-11)12(18)10(6-17)7-2-1-3-8(16)4-7/h1-5,10,12,18H,6,17H2. The van der Waals surface area contributed by atoms with E-state index in [1.165, 1.54) is 23.5 Å². The molecule has 1 aromatic heterocycles. The summed E-state index contributed by atoms with van der Waals surface area (Å²) in [5.41, 5.74) is 6.85. The Balaban J connectivity index is 2.34. The van der Waals surface area contributed by atoms with E-state index in [1.54, 1.807) is 18.2 Å². The van der Waals surface area contributed by atoms with E-state index in [1.807, 2.05) is 0 Å². The summed E-state index contributed by atoms with van der Waals surface area (Å²) in [6.07, 6.45) is -0.914. The van der Waals surface area contributed by atoms with Crippen molar-refractivity contribution in [3.63, 3.8) is 0 Å². The van der Waals surface area contributed by atoms with E-state index in [0.717, 1.165) is 0 Å². The van der Waals surface area contributed by atoms with Gasteiger partial charge in [-0.3, -0.25) is 0 Å². The molecule has 2 unspecified atom stereocenters. The normalized spacial score (nSPS) is 14.4. The fraction of sp³-hybridized carbons (Fsp3) is 0.231. The molecule has 0 saturated heterocycles. The molecule has 0 bridgehead atoms. The van der Waals surface area contributed by atoms with Gasteiger partial charge >= 0.3 is 0 Å². The van der Waals surface area contributed by atoms with E-state index in [-0.39, 0.29) is 12.4 Å². The summed E-state index contributed by atoms with van der Waals surface area (Å²) in [7, 11) is 0. The highest BCUT2D eigenvalue weighted by atomic mass is 35.5. The number of thiophene rings is 1. The molecule has 1 aromatic carbocycles. The lowest BCUT2D eigenvalue weighted by Crippen LogP contribution is -2.20. The lowest BCUT2D eigenvalue weighted by molar-refractivity contribution is 0.148. The summed E-state index contributed by atoms with van der Waals surface area (Å²) in [6.45, 7) is 0.175. The summed E-state index contributed by atoms with van der Waals surface area (Å²) < 4.78 is 14.2. The van der Waals surface area contributed by atoms with Crippen LogP contribution in [0.2, 0.25) is 8.67 Å². The molecule has 2 rings (SSSR count). The molecule has 0 radical (unpaired) electrons. The van der Waals surface area contributed by atoms with Crippen molar-refractivity contribution in [1.82, 2.24) is 0 Å². The highest BCUT2D eigenvalue weighted by molar-refractivity contribution is 7.20. The van der Waals surface area contributed by atoms with Crippen LogP contribution in [0.5, 0.6) is 0 Å². The first-order chi connectivity index (χ1) is 9.02. The third-order valence-corrected chi connectivity index (χ3v) is 4.43. The molecule has 0 saturated carbocycles. The fourth-order valence-electron chi connectivity index (χ4n) is 1.96. The minimum absolute atomic E-state index is 0.175. The van der Waals surface area contributed by atoms with Crippen LogP contribution in [0.1, 0.15) is 23.1 Å². The van der Waals surface area contributed by atoms with E-state index in [9.17, 15) is 9.50 Å². The van der Waals surface area contributed by atoms with E-state index < -0.39 is 12.0 Å². The first-order valence-electron chi connectivity index (χ1n) is 5.61. The van der Waals surface area contributed by atoms with Crippen LogP contribution in [0.4, 0.5) is 4.39 Å². The van der Waals surface area contributed by atoms with Gasteiger partial charge in [0.2, 0.25) is 0 Å². The second-order valence-electron chi connectivity index (χ2n) is 4.12. The molecule has 102 valence electrons. The Morgan fingerprint density at radius 3 is 2.58 bits per heavy atom. The van der Waals surface area contributed by atoms with Crippen LogP contribution in [-0.4, -0.2) is 11.7 Å². The maximum atomic E-state index is 13.2. The zero-order valence-electron chi connectivity index (χ0n) is 9.82. The van der Waals surface area contributed by atoms with Gasteiger partial charge in [-0.25, -0.2) is 4.39 Å². The molecular formula is C13H12Cl2FNOS. The third-order valence-electron chi connectivity index (χ3n) is 2.91. The van der Waals surface area contributed by atoms with Crippen LogP contribution >= 0.6 is 34.5 Å². The van der Waals surface area contributed by atoms with Crippen molar-refractivity contribution in [3.05, 3.63) is 55.9 Å². The van der Waals surface area contributed by atoms with Crippen molar-refractivity contribution in [2.75, 3.05) is 6.54 Å². The number of hydrogen-bond donors (Lipinski definition) is 2. The van der Waals surface area contributed by atoms with Gasteiger partial charge in [0.05, 0.1) is 10.4 Å². The highest BCUT2D eigenvalue weighted by Crippen LogP contribution is 2.40. The number of aliphatic hydroxyl groups excluding tert-OH is 1. The van der Waals surface area contributed by atoms with Gasteiger partial charge in [-0.05, 0) is 23.8 Å². The summed E-state index contributed by atoms with van der Waals surface area (Å²) in [5, 5.41) is 10.4. The van der Waals surface area contributed by atoms with Crippen molar-refractivity contribution in [1.29, 1.82) is 0 Å². The van der Waals surface area contributed by atoms with Crippen molar-refractivity contribution in [2.24, 2.45) is 5.73 Å². The SMILES string of the molecule is NCC(c1cccc(F)c1)C(O)c1cc(Cl)sc1Cl. The fourth-order valence-corrected chi connectivity index (χ4v) is 3.49. The van der Waals surface area contributed by atoms with Gasteiger partial charge in [-0.15, -0.1) is 11.3 Å². The number of rotatable bonds is 4. The first-order valence-corrected chi connectivity index (χ1v) is 7.18. The van der Waals surface area contributed by atoms with Crippen LogP contribution < -0.4 is 5.73 Å². The largest absolute Gasteiger partial charge is 0.388 e. The summed E-state index contributed by atoms with van der Waals surface area (Å²) in [6, 6.07) is 7.63. The molecular weight excluding hydrogens is 308 g/mol. The van der Waals surface area contributed by atoms with Gasteiger partial charge in [-0.2, -0.15) is 0 Å². The van der Waals surface area contributed by atoms with Crippen molar-refractivity contribution < 1.29 is 9.50 Å². The van der Waals surface area contributed by atoms with Gasteiger partial charge in [0, 0.05) is 18.0 Å². The lowest BCUT2D eigenvalue weighted by atomic mass is 9.90. The van der Waals surface area contributed by atoms with Crippen molar-refractivity contribution >= 4 is 34.5 Å². The molecule has 1 heterocycles. The van der Waals surface area contributed by atoms with Crippen LogP contribution in [0, 0.1) is 5.82 Å². The number of benzene rings is 1. The molecule has 2 atom stereocenters. The molecule has 0 aliphatic heterocycles. The maximum absolute atomic E-state index is 13.2. The monoisotopic (exact) mass is 319 g/mol. The van der Waals surface area contributed by atoms with Crippen molar-refractivity contribution in [3.8, 4) is 0 Å². The number of halogens is 3. The Labute approximate surface area is 124 Å². The van der Waals surface area contributed by atoms with Gasteiger partial charge in [0.15, 0.2) is 0 Å². The smallest absolute Gasteiger partial charge is 0.123 e. The summed E-state index contributed by atoms with van der Waals surface area (Å²) in [5.74, 6) is -0.795.